The third-order valence-corrected chi connectivity index (χ3v) is 5.40. The van der Waals surface area contributed by atoms with Gasteiger partial charge in [-0.15, -0.1) is 0 Å². The van der Waals surface area contributed by atoms with Gasteiger partial charge < -0.3 is 4.42 Å². The van der Waals surface area contributed by atoms with E-state index in [4.69, 9.17) is 14.4 Å². The highest BCUT2D eigenvalue weighted by Crippen LogP contribution is 2.37. The van der Waals surface area contributed by atoms with Crippen molar-refractivity contribution in [3.8, 4) is 17.1 Å². The van der Waals surface area contributed by atoms with Crippen LogP contribution in [0.5, 0.6) is 0 Å². The van der Waals surface area contributed by atoms with Crippen LogP contribution < -0.4 is 0 Å². The number of para-hydroxylation sites is 2. The minimum atomic E-state index is 0.647. The molecule has 0 N–H and O–H groups in total. The van der Waals surface area contributed by atoms with Gasteiger partial charge in [0.05, 0.1) is 5.56 Å². The van der Waals surface area contributed by atoms with Crippen molar-refractivity contribution >= 4 is 33.2 Å². The zero-order valence-electron chi connectivity index (χ0n) is 16.6. The van der Waals surface area contributed by atoms with Gasteiger partial charge in [0.15, 0.2) is 11.5 Å². The molecule has 5 heteroatoms. The Bertz CT molecular complexity index is 1560. The first-order valence-electron chi connectivity index (χ1n) is 9.90. The molecule has 5 nitrogen and oxygen atoms in total. The molecule has 0 unspecified atom stereocenters. The van der Waals surface area contributed by atoms with Gasteiger partial charge in [-0.1, -0.05) is 30.3 Å². The predicted octanol–water partition coefficient (Wildman–Crippen LogP) is 6.00. The average Bonchev–Trinajstić information content (AvgIpc) is 3.31. The van der Waals surface area contributed by atoms with Gasteiger partial charge in [0.2, 0.25) is 5.71 Å². The zero-order valence-corrected chi connectivity index (χ0v) is 16.6. The molecule has 0 bridgehead atoms. The fourth-order valence-electron chi connectivity index (χ4n) is 4.00. The number of rotatable bonds is 2. The highest BCUT2D eigenvalue weighted by molar-refractivity contribution is 6.08. The molecule has 0 radical (unpaired) electrons. The summed E-state index contributed by atoms with van der Waals surface area (Å²) in [4.78, 5) is 14.3. The largest absolute Gasteiger partial charge is 0.437 e. The van der Waals surface area contributed by atoms with Crippen molar-refractivity contribution in [2.24, 2.45) is 0 Å². The summed E-state index contributed by atoms with van der Waals surface area (Å²) in [5.74, 6) is 0.802. The Kier molecular flexibility index (Phi) is 3.53. The number of aryl methyl sites for hydroxylation is 2. The van der Waals surface area contributed by atoms with Crippen LogP contribution in [0.4, 0.5) is 0 Å². The molecule has 4 heterocycles. The van der Waals surface area contributed by atoms with E-state index in [-0.39, 0.29) is 0 Å². The summed E-state index contributed by atoms with van der Waals surface area (Å²) in [6.45, 7) is 3.96. The lowest BCUT2D eigenvalue weighted by Gasteiger charge is -2.09. The van der Waals surface area contributed by atoms with Crippen LogP contribution in [0.15, 0.2) is 77.2 Å². The Labute approximate surface area is 172 Å². The van der Waals surface area contributed by atoms with Crippen LogP contribution in [0.1, 0.15) is 11.4 Å². The summed E-state index contributed by atoms with van der Waals surface area (Å²) in [7, 11) is 0. The first-order valence-corrected chi connectivity index (χ1v) is 9.90. The maximum absolute atomic E-state index is 6.24. The van der Waals surface area contributed by atoms with Crippen LogP contribution in [0.25, 0.3) is 50.3 Å². The molecule has 2 aromatic carbocycles. The number of benzene rings is 2. The highest BCUT2D eigenvalue weighted by Gasteiger charge is 2.20. The lowest BCUT2D eigenvalue weighted by molar-refractivity contribution is 0.653. The third-order valence-electron chi connectivity index (χ3n) is 5.40. The van der Waals surface area contributed by atoms with Gasteiger partial charge in [-0.3, -0.25) is 4.57 Å². The van der Waals surface area contributed by atoms with Crippen molar-refractivity contribution in [2.75, 3.05) is 0 Å². The van der Waals surface area contributed by atoms with E-state index >= 15 is 0 Å². The van der Waals surface area contributed by atoms with E-state index in [9.17, 15) is 0 Å². The number of hydrogen-bond donors (Lipinski definition) is 0. The van der Waals surface area contributed by atoms with Crippen molar-refractivity contribution in [3.05, 3.63) is 84.2 Å². The third kappa shape index (κ3) is 2.45. The van der Waals surface area contributed by atoms with Gasteiger partial charge >= 0.3 is 0 Å². The quantitative estimate of drug-likeness (QED) is 0.364. The number of pyridine rings is 2. The second-order valence-corrected chi connectivity index (χ2v) is 7.49. The normalized spacial score (nSPS) is 11.7. The van der Waals surface area contributed by atoms with Gasteiger partial charge in [-0.05, 0) is 56.3 Å². The van der Waals surface area contributed by atoms with Gasteiger partial charge in [0, 0.05) is 27.8 Å². The summed E-state index contributed by atoms with van der Waals surface area (Å²) in [5, 5.41) is 2.04. The van der Waals surface area contributed by atoms with Crippen LogP contribution in [-0.4, -0.2) is 19.5 Å². The molecule has 0 aliphatic rings. The number of nitrogens with zero attached hydrogens (tertiary/aromatic N) is 4. The monoisotopic (exact) mass is 390 g/mol. The van der Waals surface area contributed by atoms with Crippen molar-refractivity contribution in [1.29, 1.82) is 0 Å². The van der Waals surface area contributed by atoms with E-state index in [0.717, 1.165) is 56.0 Å². The Morgan fingerprint density at radius 3 is 2.37 bits per heavy atom. The van der Waals surface area contributed by atoms with Gasteiger partial charge in [0.25, 0.3) is 0 Å². The SMILES string of the molecule is Cc1ccc2c(n1)oc1c(-c3nc4ccc(C)nc4n3-c3ccccc3)cccc12. The lowest BCUT2D eigenvalue weighted by atomic mass is 10.1. The number of fused-ring (bicyclic) bond motifs is 4. The molecule has 4 aromatic heterocycles. The van der Waals surface area contributed by atoms with Gasteiger partial charge in [-0.25, -0.2) is 15.0 Å². The summed E-state index contributed by atoms with van der Waals surface area (Å²) >= 11 is 0. The van der Waals surface area contributed by atoms with E-state index in [1.54, 1.807) is 0 Å². The maximum Gasteiger partial charge on any atom is 0.227 e. The second kappa shape index (κ2) is 6.26. The van der Waals surface area contributed by atoms with Crippen LogP contribution in [-0.2, 0) is 0 Å². The fraction of sp³-hybridized carbons (Fsp3) is 0.0800. The lowest BCUT2D eigenvalue weighted by Crippen LogP contribution is -1.99. The maximum atomic E-state index is 6.24. The molecule has 6 aromatic rings. The number of hydrogen-bond acceptors (Lipinski definition) is 4. The van der Waals surface area contributed by atoms with E-state index in [1.165, 1.54) is 0 Å². The molecular formula is C25H18N4O. The standard InChI is InChI=1S/C25H18N4O/c1-15-12-14-21-24(26-15)29(17-7-4-3-5-8-17)23(28-21)20-10-6-9-18-19-13-11-16(2)27-25(19)30-22(18)20/h3-14H,1-2H3. The molecular weight excluding hydrogens is 372 g/mol. The van der Waals surface area contributed by atoms with Crippen molar-refractivity contribution in [3.63, 3.8) is 0 Å². The molecule has 6 rings (SSSR count). The summed E-state index contributed by atoms with van der Waals surface area (Å²) in [6.07, 6.45) is 0. The van der Waals surface area contributed by atoms with Crippen LogP contribution >= 0.6 is 0 Å². The van der Waals surface area contributed by atoms with Crippen LogP contribution in [0.2, 0.25) is 0 Å². The minimum Gasteiger partial charge on any atom is -0.437 e. The number of furan rings is 1. The topological polar surface area (TPSA) is 56.7 Å². The Balaban J connectivity index is 1.73. The Morgan fingerprint density at radius 2 is 1.50 bits per heavy atom. The summed E-state index contributed by atoms with van der Waals surface area (Å²) in [6, 6.07) is 24.4. The van der Waals surface area contributed by atoms with E-state index < -0.39 is 0 Å². The van der Waals surface area contributed by atoms with E-state index in [1.807, 2.05) is 62.4 Å². The molecule has 0 aliphatic heterocycles. The molecule has 0 atom stereocenters. The van der Waals surface area contributed by atoms with Crippen LogP contribution in [0, 0.1) is 13.8 Å². The fourth-order valence-corrected chi connectivity index (χ4v) is 4.00. The number of aromatic nitrogens is 4. The molecule has 0 amide bonds. The summed E-state index contributed by atoms with van der Waals surface area (Å²) in [5.41, 5.74) is 6.92. The van der Waals surface area contributed by atoms with Gasteiger partial charge in [-0.2, -0.15) is 0 Å². The van der Waals surface area contributed by atoms with Crippen molar-refractivity contribution < 1.29 is 4.42 Å². The van der Waals surface area contributed by atoms with Crippen molar-refractivity contribution in [2.45, 2.75) is 13.8 Å². The smallest absolute Gasteiger partial charge is 0.227 e. The minimum absolute atomic E-state index is 0.647. The first kappa shape index (κ1) is 16.9. The molecule has 0 spiro atoms. The molecule has 0 fully saturated rings. The molecule has 30 heavy (non-hydrogen) atoms. The number of imidazole rings is 1. The van der Waals surface area contributed by atoms with E-state index in [2.05, 4.69) is 33.8 Å². The van der Waals surface area contributed by atoms with Crippen molar-refractivity contribution in [1.82, 2.24) is 19.5 Å². The summed E-state index contributed by atoms with van der Waals surface area (Å²) < 4.78 is 8.34. The zero-order chi connectivity index (χ0) is 20.2. The van der Waals surface area contributed by atoms with Crippen LogP contribution in [0.3, 0.4) is 0 Å². The first-order chi connectivity index (χ1) is 14.7. The Morgan fingerprint density at radius 1 is 0.700 bits per heavy atom. The predicted molar refractivity (Wildman–Crippen MR) is 119 cm³/mol. The molecule has 144 valence electrons. The molecule has 0 aliphatic carbocycles. The van der Waals surface area contributed by atoms with E-state index in [0.29, 0.717) is 5.71 Å². The molecule has 0 saturated heterocycles. The highest BCUT2D eigenvalue weighted by atomic mass is 16.3. The molecule has 0 saturated carbocycles. The second-order valence-electron chi connectivity index (χ2n) is 7.49. The average molecular weight is 390 g/mol. The van der Waals surface area contributed by atoms with Gasteiger partial charge in [0.1, 0.15) is 11.1 Å². The Hall–Kier alpha value is -3.99.